The van der Waals surface area contributed by atoms with E-state index in [0.717, 1.165) is 11.3 Å². The fraction of sp³-hybridized carbons (Fsp3) is 0. The van der Waals surface area contributed by atoms with Crippen LogP contribution < -0.4 is 5.32 Å². The maximum absolute atomic E-state index is 5.79. The molecule has 4 heteroatoms. The third-order valence-electron chi connectivity index (χ3n) is 1.66. The molecule has 2 rings (SSSR count). The summed E-state index contributed by atoms with van der Waals surface area (Å²) in [5.74, 6) is 0. The molecule has 13 heavy (non-hydrogen) atoms. The van der Waals surface area contributed by atoms with Crippen LogP contribution in [0.1, 0.15) is 0 Å². The topological polar surface area (TPSA) is 24.4 Å². The fourth-order valence-electron chi connectivity index (χ4n) is 1.11. The number of aliphatic imine (C=N–C) groups is 1. The Morgan fingerprint density at radius 2 is 1.85 bits per heavy atom. The number of hydrogen-bond donors (Lipinski definition) is 1. The first-order valence-corrected chi connectivity index (χ1v) is 4.49. The normalized spacial score (nSPS) is 20.2. The maximum Gasteiger partial charge on any atom is 0.201 e. The minimum absolute atomic E-state index is 0.295. The number of nitrogens with zero attached hydrogens (tertiary/aromatic N) is 1. The van der Waals surface area contributed by atoms with Gasteiger partial charge in [-0.1, -0.05) is 35.9 Å². The number of hydrogen-bond acceptors (Lipinski definition) is 2. The van der Waals surface area contributed by atoms with Crippen LogP contribution in [0.25, 0.3) is 0 Å². The first-order chi connectivity index (χ1) is 6.25. The van der Waals surface area contributed by atoms with Gasteiger partial charge in [-0.2, -0.15) is 0 Å². The Morgan fingerprint density at radius 1 is 1.15 bits per heavy atom. The number of amidine groups is 1. The van der Waals surface area contributed by atoms with Crippen LogP contribution in [0.15, 0.2) is 51.8 Å². The minimum Gasteiger partial charge on any atom is -0.321 e. The summed E-state index contributed by atoms with van der Waals surface area (Å²) in [6, 6.07) is 0. The Hall–Kier alpha value is -0.990. The van der Waals surface area contributed by atoms with Crippen molar-refractivity contribution in [2.75, 3.05) is 0 Å². The second-order valence-corrected chi connectivity index (χ2v) is 3.34. The van der Waals surface area contributed by atoms with E-state index in [1.165, 1.54) is 0 Å². The average molecular weight is 213 g/mol. The molecule has 1 heterocycles. The Morgan fingerprint density at radius 3 is 2.46 bits per heavy atom. The molecule has 0 saturated heterocycles. The molecule has 0 amide bonds. The summed E-state index contributed by atoms with van der Waals surface area (Å²) in [5, 5.41) is 3.47. The summed E-state index contributed by atoms with van der Waals surface area (Å²) < 4.78 is 0. The lowest BCUT2D eigenvalue weighted by Crippen LogP contribution is -2.18. The van der Waals surface area contributed by atoms with E-state index in [9.17, 15) is 0 Å². The smallest absolute Gasteiger partial charge is 0.201 e. The molecular formula is C9H6Cl2N2. The third-order valence-corrected chi connectivity index (χ3v) is 2.05. The van der Waals surface area contributed by atoms with E-state index in [2.05, 4.69) is 10.3 Å². The molecule has 0 atom stereocenters. The van der Waals surface area contributed by atoms with Crippen LogP contribution in [0.3, 0.4) is 0 Å². The molecule has 0 spiro atoms. The summed E-state index contributed by atoms with van der Waals surface area (Å²) in [4.78, 5) is 4.10. The molecule has 0 radical (unpaired) electrons. The molecule has 1 aliphatic carbocycles. The lowest BCUT2D eigenvalue weighted by Gasteiger charge is -2.09. The van der Waals surface area contributed by atoms with Crippen molar-refractivity contribution in [3.05, 3.63) is 46.8 Å². The molecule has 2 aliphatic rings. The van der Waals surface area contributed by atoms with Gasteiger partial charge in [0.1, 0.15) is 5.16 Å². The van der Waals surface area contributed by atoms with Crippen LogP contribution >= 0.6 is 23.2 Å². The van der Waals surface area contributed by atoms with Crippen LogP contribution in [0.4, 0.5) is 0 Å². The largest absolute Gasteiger partial charge is 0.321 e. The molecule has 66 valence electrons. The van der Waals surface area contributed by atoms with Gasteiger partial charge < -0.3 is 5.32 Å². The number of nitrogens with one attached hydrogen (secondary N) is 1. The highest BCUT2D eigenvalue weighted by atomic mass is 35.5. The van der Waals surface area contributed by atoms with Gasteiger partial charge in [0.2, 0.25) is 5.29 Å². The molecule has 0 aromatic carbocycles. The molecule has 0 saturated carbocycles. The minimum atomic E-state index is 0.295. The molecular weight excluding hydrogens is 207 g/mol. The highest BCUT2D eigenvalue weighted by Gasteiger charge is 2.09. The Labute approximate surface area is 85.9 Å². The summed E-state index contributed by atoms with van der Waals surface area (Å²) in [5.41, 5.74) is 1.79. The highest BCUT2D eigenvalue weighted by molar-refractivity contribution is 6.65. The second-order valence-electron chi connectivity index (χ2n) is 2.58. The Balaban J connectivity index is 2.44. The van der Waals surface area contributed by atoms with Crippen molar-refractivity contribution >= 4 is 28.5 Å². The average Bonchev–Trinajstić information content (AvgIpc) is 2.53. The lowest BCUT2D eigenvalue weighted by atomic mass is 10.2. The van der Waals surface area contributed by atoms with Gasteiger partial charge in [-0.05, 0) is 17.7 Å². The summed E-state index contributed by atoms with van der Waals surface area (Å²) in [6.07, 6.45) is 9.53. The summed E-state index contributed by atoms with van der Waals surface area (Å²) >= 11 is 11.5. The predicted octanol–water partition coefficient (Wildman–Crippen LogP) is 2.64. The van der Waals surface area contributed by atoms with Crippen LogP contribution in [-0.4, -0.2) is 5.29 Å². The summed E-state index contributed by atoms with van der Waals surface area (Å²) in [7, 11) is 0. The molecule has 0 unspecified atom stereocenters. The van der Waals surface area contributed by atoms with Gasteiger partial charge in [0.25, 0.3) is 0 Å². The highest BCUT2D eigenvalue weighted by Crippen LogP contribution is 2.20. The number of halogens is 2. The lowest BCUT2D eigenvalue weighted by molar-refractivity contribution is 1.17. The first-order valence-electron chi connectivity index (χ1n) is 3.73. The molecule has 2 nitrogen and oxygen atoms in total. The van der Waals surface area contributed by atoms with Gasteiger partial charge >= 0.3 is 0 Å². The SMILES string of the molecule is ClC1=CC(=C2C=CC=C2)N=C(Cl)N1. The molecule has 0 aromatic heterocycles. The van der Waals surface area contributed by atoms with E-state index in [1.54, 1.807) is 6.08 Å². The van der Waals surface area contributed by atoms with E-state index in [-0.39, 0.29) is 0 Å². The van der Waals surface area contributed by atoms with Crippen LogP contribution in [-0.2, 0) is 0 Å². The molecule has 1 N–H and O–H groups in total. The van der Waals surface area contributed by atoms with Crippen molar-refractivity contribution in [1.82, 2.24) is 5.32 Å². The molecule has 0 bridgehead atoms. The van der Waals surface area contributed by atoms with Crippen molar-refractivity contribution in [1.29, 1.82) is 0 Å². The van der Waals surface area contributed by atoms with Crippen LogP contribution in [0.5, 0.6) is 0 Å². The van der Waals surface area contributed by atoms with E-state index in [0.29, 0.717) is 10.5 Å². The zero-order valence-electron chi connectivity index (χ0n) is 6.59. The van der Waals surface area contributed by atoms with E-state index in [1.807, 2.05) is 24.3 Å². The number of rotatable bonds is 0. The Kier molecular flexibility index (Phi) is 2.25. The van der Waals surface area contributed by atoms with E-state index in [4.69, 9.17) is 23.2 Å². The first kappa shape index (κ1) is 8.60. The Bertz CT molecular complexity index is 352. The van der Waals surface area contributed by atoms with Gasteiger partial charge in [-0.3, -0.25) is 0 Å². The molecule has 0 aromatic rings. The van der Waals surface area contributed by atoms with Gasteiger partial charge in [-0.15, -0.1) is 0 Å². The van der Waals surface area contributed by atoms with Crippen molar-refractivity contribution < 1.29 is 0 Å². The van der Waals surface area contributed by atoms with Gasteiger partial charge in [-0.25, -0.2) is 4.99 Å². The number of allylic oxidation sites excluding steroid dienone is 6. The van der Waals surface area contributed by atoms with Crippen molar-refractivity contribution in [3.8, 4) is 0 Å². The quantitative estimate of drug-likeness (QED) is 0.614. The van der Waals surface area contributed by atoms with Crippen LogP contribution in [0.2, 0.25) is 0 Å². The zero-order chi connectivity index (χ0) is 9.26. The second kappa shape index (κ2) is 3.40. The maximum atomic E-state index is 5.79. The monoisotopic (exact) mass is 212 g/mol. The van der Waals surface area contributed by atoms with E-state index >= 15 is 0 Å². The van der Waals surface area contributed by atoms with E-state index < -0.39 is 0 Å². The third kappa shape index (κ3) is 1.85. The van der Waals surface area contributed by atoms with Crippen LogP contribution in [0, 0.1) is 0 Å². The summed E-state index contributed by atoms with van der Waals surface area (Å²) in [6.45, 7) is 0. The van der Waals surface area contributed by atoms with Gasteiger partial charge in [0, 0.05) is 5.57 Å². The standard InChI is InChI=1S/C9H6Cl2N2/c10-8-5-7(12-9(11)13-8)6-3-1-2-4-6/h1-5H,(H,12,13). The molecule has 0 fully saturated rings. The molecule has 1 aliphatic heterocycles. The van der Waals surface area contributed by atoms with Crippen molar-refractivity contribution in [2.45, 2.75) is 0 Å². The zero-order valence-corrected chi connectivity index (χ0v) is 8.10. The van der Waals surface area contributed by atoms with Gasteiger partial charge in [0.15, 0.2) is 0 Å². The van der Waals surface area contributed by atoms with Crippen molar-refractivity contribution in [3.63, 3.8) is 0 Å². The van der Waals surface area contributed by atoms with Gasteiger partial charge in [0.05, 0.1) is 5.70 Å². The van der Waals surface area contributed by atoms with Crippen molar-refractivity contribution in [2.24, 2.45) is 4.99 Å². The predicted molar refractivity (Wildman–Crippen MR) is 55.7 cm³/mol. The fourth-order valence-corrected chi connectivity index (χ4v) is 1.55.